The molecule has 1 aliphatic rings. The number of hydrogen-bond acceptors (Lipinski definition) is 3. The van der Waals surface area contributed by atoms with Crippen LogP contribution in [0, 0.1) is 0 Å². The van der Waals surface area contributed by atoms with Gasteiger partial charge in [-0.15, -0.1) is 11.3 Å². The van der Waals surface area contributed by atoms with E-state index in [0.29, 0.717) is 12.2 Å². The first-order chi connectivity index (χ1) is 9.24. The van der Waals surface area contributed by atoms with Crippen molar-refractivity contribution in [2.24, 2.45) is 0 Å². The Hall–Kier alpha value is -1.13. The lowest BCUT2D eigenvalue weighted by molar-refractivity contribution is -0.119. The van der Waals surface area contributed by atoms with Crippen molar-refractivity contribution >= 4 is 38.7 Å². The van der Waals surface area contributed by atoms with Gasteiger partial charge in [-0.2, -0.15) is 0 Å². The highest BCUT2D eigenvalue weighted by molar-refractivity contribution is 9.10. The maximum atomic E-state index is 12.5. The van der Waals surface area contributed by atoms with Crippen molar-refractivity contribution in [1.82, 2.24) is 0 Å². The molecule has 1 unspecified atom stereocenters. The highest BCUT2D eigenvalue weighted by Gasteiger charge is 2.26. The summed E-state index contributed by atoms with van der Waals surface area (Å²) in [7, 11) is 0. The van der Waals surface area contributed by atoms with Crippen LogP contribution in [0.2, 0.25) is 0 Å². The van der Waals surface area contributed by atoms with Crippen LogP contribution in [-0.4, -0.2) is 12.3 Å². The Kier molecular flexibility index (Phi) is 3.71. The Bertz CT molecular complexity index is 608. The van der Waals surface area contributed by atoms with Gasteiger partial charge in [0.25, 0.3) is 0 Å². The molecule has 19 heavy (non-hydrogen) atoms. The van der Waals surface area contributed by atoms with Gasteiger partial charge < -0.3 is 5.32 Å². The lowest BCUT2D eigenvalue weighted by Gasteiger charge is -2.25. The molecule has 0 saturated carbocycles. The van der Waals surface area contributed by atoms with Crippen molar-refractivity contribution in [3.05, 3.63) is 50.6 Å². The van der Waals surface area contributed by atoms with Crippen molar-refractivity contribution in [2.45, 2.75) is 18.8 Å². The zero-order chi connectivity index (χ0) is 13.2. The van der Waals surface area contributed by atoms with Gasteiger partial charge in [0.2, 0.25) is 0 Å². The maximum absolute atomic E-state index is 12.5. The molecule has 1 N–H and O–H groups in total. The lowest BCUT2D eigenvalue weighted by atomic mass is 9.86. The topological polar surface area (TPSA) is 29.1 Å². The van der Waals surface area contributed by atoms with Gasteiger partial charge in [0.15, 0.2) is 0 Å². The Balaban J connectivity index is 1.81. The number of carbonyl (C=O) groups is 1. The van der Waals surface area contributed by atoms with Crippen LogP contribution in [0.5, 0.6) is 0 Å². The first-order valence-electron chi connectivity index (χ1n) is 6.32. The number of rotatable bonds is 3. The molecule has 0 fully saturated rings. The zero-order valence-corrected chi connectivity index (χ0v) is 12.8. The quantitative estimate of drug-likeness (QED) is 0.909. The highest BCUT2D eigenvalue weighted by atomic mass is 79.9. The summed E-state index contributed by atoms with van der Waals surface area (Å²) in [5, 5.41) is 5.39. The summed E-state index contributed by atoms with van der Waals surface area (Å²) in [5.41, 5.74) is 2.26. The van der Waals surface area contributed by atoms with E-state index < -0.39 is 0 Å². The van der Waals surface area contributed by atoms with Gasteiger partial charge in [0.05, 0.1) is 0 Å². The van der Waals surface area contributed by atoms with Crippen LogP contribution in [-0.2, 0) is 11.2 Å². The fourth-order valence-electron chi connectivity index (χ4n) is 2.54. The SMILES string of the molecule is O=C(Cc1cc(Br)cs1)C1CCNc2ccccc21. The van der Waals surface area contributed by atoms with Gasteiger partial charge in [-0.05, 0) is 40.0 Å². The minimum Gasteiger partial charge on any atom is -0.385 e. The molecular formula is C15H14BrNOS. The summed E-state index contributed by atoms with van der Waals surface area (Å²) in [6, 6.07) is 10.2. The van der Waals surface area contributed by atoms with Crippen molar-refractivity contribution in [2.75, 3.05) is 11.9 Å². The Morgan fingerprint density at radius 3 is 3.05 bits per heavy atom. The molecular weight excluding hydrogens is 322 g/mol. The maximum Gasteiger partial charge on any atom is 0.145 e. The molecule has 0 radical (unpaired) electrons. The predicted molar refractivity (Wildman–Crippen MR) is 83.0 cm³/mol. The molecule has 2 heterocycles. The average Bonchev–Trinajstić information content (AvgIpc) is 2.83. The number of para-hydroxylation sites is 1. The van der Waals surface area contributed by atoms with Crippen LogP contribution in [0.4, 0.5) is 5.69 Å². The highest BCUT2D eigenvalue weighted by Crippen LogP contribution is 2.33. The Morgan fingerprint density at radius 1 is 1.42 bits per heavy atom. The Labute approximate surface area is 125 Å². The summed E-state index contributed by atoms with van der Waals surface area (Å²) >= 11 is 5.07. The van der Waals surface area contributed by atoms with Crippen LogP contribution in [0.25, 0.3) is 0 Å². The van der Waals surface area contributed by atoms with E-state index in [2.05, 4.69) is 33.4 Å². The van der Waals surface area contributed by atoms with E-state index in [1.807, 2.05) is 23.6 Å². The summed E-state index contributed by atoms with van der Waals surface area (Å²) in [4.78, 5) is 13.6. The summed E-state index contributed by atoms with van der Waals surface area (Å²) in [6.07, 6.45) is 1.43. The third kappa shape index (κ3) is 2.74. The number of benzene rings is 1. The minimum atomic E-state index is 0.0401. The molecule has 0 saturated heterocycles. The number of anilines is 1. The van der Waals surface area contributed by atoms with Crippen LogP contribution in [0.15, 0.2) is 40.2 Å². The molecule has 0 amide bonds. The van der Waals surface area contributed by atoms with Gasteiger partial charge in [-0.1, -0.05) is 18.2 Å². The molecule has 1 atom stereocenters. The zero-order valence-electron chi connectivity index (χ0n) is 10.4. The molecule has 0 bridgehead atoms. The summed E-state index contributed by atoms with van der Waals surface area (Å²) in [6.45, 7) is 0.877. The van der Waals surface area contributed by atoms with Crippen molar-refractivity contribution in [3.63, 3.8) is 0 Å². The van der Waals surface area contributed by atoms with Crippen molar-refractivity contribution < 1.29 is 4.79 Å². The molecule has 1 aliphatic heterocycles. The number of nitrogens with one attached hydrogen (secondary N) is 1. The van der Waals surface area contributed by atoms with Crippen LogP contribution >= 0.6 is 27.3 Å². The number of halogens is 1. The molecule has 1 aromatic heterocycles. The number of ketones is 1. The second-order valence-corrected chi connectivity index (χ2v) is 6.64. The smallest absolute Gasteiger partial charge is 0.145 e. The summed E-state index contributed by atoms with van der Waals surface area (Å²) < 4.78 is 1.06. The number of thiophene rings is 1. The van der Waals surface area contributed by atoms with E-state index in [0.717, 1.165) is 33.6 Å². The fourth-order valence-corrected chi connectivity index (χ4v) is 4.01. The minimum absolute atomic E-state index is 0.0401. The van der Waals surface area contributed by atoms with Gasteiger partial charge in [0, 0.05) is 39.3 Å². The molecule has 4 heteroatoms. The van der Waals surface area contributed by atoms with Crippen molar-refractivity contribution in [3.8, 4) is 0 Å². The fraction of sp³-hybridized carbons (Fsp3) is 0.267. The number of fused-ring (bicyclic) bond motifs is 1. The second-order valence-electron chi connectivity index (χ2n) is 4.73. The average molecular weight is 336 g/mol. The third-order valence-electron chi connectivity index (χ3n) is 3.44. The second kappa shape index (κ2) is 5.47. The Morgan fingerprint density at radius 2 is 2.26 bits per heavy atom. The van der Waals surface area contributed by atoms with Gasteiger partial charge in [-0.3, -0.25) is 4.79 Å². The van der Waals surface area contributed by atoms with E-state index in [1.165, 1.54) is 0 Å². The monoisotopic (exact) mass is 335 g/mol. The van der Waals surface area contributed by atoms with Crippen molar-refractivity contribution in [1.29, 1.82) is 0 Å². The normalized spacial score (nSPS) is 17.6. The lowest BCUT2D eigenvalue weighted by Crippen LogP contribution is -2.23. The van der Waals surface area contributed by atoms with E-state index in [4.69, 9.17) is 0 Å². The molecule has 2 aromatic rings. The number of hydrogen-bond donors (Lipinski definition) is 1. The first-order valence-corrected chi connectivity index (χ1v) is 8.00. The van der Waals surface area contributed by atoms with Crippen LogP contribution in [0.1, 0.15) is 22.8 Å². The van der Waals surface area contributed by atoms with E-state index in [-0.39, 0.29) is 5.92 Å². The summed E-state index contributed by atoms with van der Waals surface area (Å²) in [5.74, 6) is 0.363. The van der Waals surface area contributed by atoms with Crippen LogP contribution in [0.3, 0.4) is 0 Å². The molecule has 98 valence electrons. The first kappa shape index (κ1) is 12.9. The molecule has 0 aliphatic carbocycles. The number of carbonyl (C=O) groups excluding carboxylic acids is 1. The van der Waals surface area contributed by atoms with E-state index in [9.17, 15) is 4.79 Å². The predicted octanol–water partition coefficient (Wildman–Crippen LogP) is 4.22. The van der Waals surface area contributed by atoms with E-state index >= 15 is 0 Å². The van der Waals surface area contributed by atoms with Gasteiger partial charge in [0.1, 0.15) is 5.78 Å². The molecule has 0 spiro atoms. The molecule has 1 aromatic carbocycles. The van der Waals surface area contributed by atoms with Gasteiger partial charge in [-0.25, -0.2) is 0 Å². The molecule has 3 rings (SSSR count). The molecule has 2 nitrogen and oxygen atoms in total. The third-order valence-corrected chi connectivity index (χ3v) is 5.14. The number of Topliss-reactive ketones (excluding diaryl/α,β-unsaturated/α-hetero) is 1. The van der Waals surface area contributed by atoms with Crippen LogP contribution < -0.4 is 5.32 Å². The van der Waals surface area contributed by atoms with E-state index in [1.54, 1.807) is 11.3 Å². The van der Waals surface area contributed by atoms with Gasteiger partial charge >= 0.3 is 0 Å². The standard InChI is InChI=1S/C15H14BrNOS/c16-10-7-11(19-9-10)8-15(18)13-5-6-17-14-4-2-1-3-12(13)14/h1-4,7,9,13,17H,5-6,8H2. The largest absolute Gasteiger partial charge is 0.385 e.